The Balaban J connectivity index is 1.34. The number of hydrogen-bond acceptors (Lipinski definition) is 4. The van der Waals surface area contributed by atoms with Crippen LogP contribution >= 0.6 is 0 Å². The van der Waals surface area contributed by atoms with Crippen molar-refractivity contribution >= 4 is 16.7 Å². The van der Waals surface area contributed by atoms with Gasteiger partial charge in [0.2, 0.25) is 5.88 Å². The molecule has 5 aromatic rings. The molecule has 0 saturated carbocycles. The molecule has 0 N–H and O–H groups in total. The van der Waals surface area contributed by atoms with Crippen molar-refractivity contribution in [2.75, 3.05) is 13.7 Å². The molecule has 0 fully saturated rings. The molecule has 0 spiro atoms. The van der Waals surface area contributed by atoms with Crippen molar-refractivity contribution in [1.82, 2.24) is 14.5 Å². The lowest BCUT2D eigenvalue weighted by Gasteiger charge is -2.12. The predicted molar refractivity (Wildman–Crippen MR) is 151 cm³/mol. The number of nitrogens with zero attached hydrogens (tertiary/aromatic N) is 4. The van der Waals surface area contributed by atoms with E-state index >= 15 is 0 Å². The van der Waals surface area contributed by atoms with Gasteiger partial charge in [0.25, 0.3) is 0 Å². The highest BCUT2D eigenvalue weighted by Crippen LogP contribution is 2.26. The van der Waals surface area contributed by atoms with Crippen LogP contribution in [0.4, 0.5) is 10.1 Å². The summed E-state index contributed by atoms with van der Waals surface area (Å²) in [7, 11) is 1.71. The van der Waals surface area contributed by atoms with Gasteiger partial charge in [0.05, 0.1) is 29.9 Å². The molecule has 0 bridgehead atoms. The summed E-state index contributed by atoms with van der Waals surface area (Å²) in [4.78, 5) is 12.9. The largest absolute Gasteiger partial charge is 0.472 e. The minimum atomic E-state index is -0.459. The smallest absolute Gasteiger partial charge is 0.217 e. The quantitative estimate of drug-likeness (QED) is 0.193. The lowest BCUT2D eigenvalue weighted by Crippen LogP contribution is -2.09. The van der Waals surface area contributed by atoms with E-state index in [0.717, 1.165) is 45.8 Å². The van der Waals surface area contributed by atoms with Crippen LogP contribution in [0, 0.1) is 26.2 Å². The Kier molecular flexibility index (Phi) is 7.67. The van der Waals surface area contributed by atoms with E-state index in [-0.39, 0.29) is 12.3 Å². The van der Waals surface area contributed by atoms with Gasteiger partial charge in [-0.3, -0.25) is 0 Å². The summed E-state index contributed by atoms with van der Waals surface area (Å²) in [5.74, 6) is 0.993. The van der Waals surface area contributed by atoms with E-state index in [9.17, 15) is 4.39 Å². The van der Waals surface area contributed by atoms with Crippen molar-refractivity contribution < 1.29 is 13.9 Å². The minimum absolute atomic E-state index is 0.0317. The zero-order chi connectivity index (χ0) is 27.4. The Labute approximate surface area is 227 Å². The highest BCUT2D eigenvalue weighted by Gasteiger charge is 2.13. The fraction of sp³-hybridized carbons (Fsp3) is 0.219. The maximum absolute atomic E-state index is 14.3. The van der Waals surface area contributed by atoms with E-state index in [1.165, 1.54) is 11.6 Å². The highest BCUT2D eigenvalue weighted by molar-refractivity contribution is 5.77. The SMILES string of the molecule is [C-]#[N+]c1ccc(COc2nc(-c3ccc(Cc4nc5ccc(C)cc5n4CCOC)cc3)ccc2C)c(F)c1. The number of pyridine rings is 1. The van der Waals surface area contributed by atoms with Gasteiger partial charge in [-0.05, 0) is 49.2 Å². The van der Waals surface area contributed by atoms with Crippen LogP contribution in [0.1, 0.15) is 28.1 Å². The Bertz CT molecular complexity index is 1670. The van der Waals surface area contributed by atoms with Crippen molar-refractivity contribution in [1.29, 1.82) is 0 Å². The zero-order valence-electron chi connectivity index (χ0n) is 22.2. The van der Waals surface area contributed by atoms with Crippen molar-refractivity contribution in [3.05, 3.63) is 118 Å². The third kappa shape index (κ3) is 5.82. The summed E-state index contributed by atoms with van der Waals surface area (Å²) in [5, 5.41) is 0. The molecule has 39 heavy (non-hydrogen) atoms. The fourth-order valence-electron chi connectivity index (χ4n) is 4.51. The van der Waals surface area contributed by atoms with Gasteiger partial charge in [-0.25, -0.2) is 19.2 Å². The van der Waals surface area contributed by atoms with Crippen LogP contribution in [0.3, 0.4) is 0 Å². The average molecular weight is 521 g/mol. The number of fused-ring (bicyclic) bond motifs is 1. The first kappa shape index (κ1) is 26.1. The van der Waals surface area contributed by atoms with Crippen LogP contribution in [-0.4, -0.2) is 28.3 Å². The molecule has 0 amide bonds. The Morgan fingerprint density at radius 2 is 1.77 bits per heavy atom. The molecule has 7 heteroatoms. The van der Waals surface area contributed by atoms with Crippen molar-refractivity contribution in [2.45, 2.75) is 33.4 Å². The Morgan fingerprint density at radius 1 is 0.949 bits per heavy atom. The van der Waals surface area contributed by atoms with E-state index < -0.39 is 5.82 Å². The number of benzene rings is 3. The number of methoxy groups -OCH3 is 1. The molecule has 6 nitrogen and oxygen atoms in total. The minimum Gasteiger partial charge on any atom is -0.472 e. The summed E-state index contributed by atoms with van der Waals surface area (Å²) in [6.45, 7) is 12.4. The monoisotopic (exact) mass is 520 g/mol. The van der Waals surface area contributed by atoms with Gasteiger partial charge in [-0.1, -0.05) is 48.5 Å². The van der Waals surface area contributed by atoms with Crippen molar-refractivity contribution in [3.8, 4) is 17.1 Å². The molecule has 5 rings (SSSR count). The number of aryl methyl sites for hydroxylation is 2. The molecular weight excluding hydrogens is 491 g/mol. The van der Waals surface area contributed by atoms with Gasteiger partial charge in [-0.2, -0.15) is 0 Å². The number of rotatable bonds is 9. The number of halogens is 1. The Hall–Kier alpha value is -4.54. The van der Waals surface area contributed by atoms with Gasteiger partial charge in [0, 0.05) is 36.8 Å². The molecule has 0 aliphatic carbocycles. The van der Waals surface area contributed by atoms with Crippen LogP contribution in [0.25, 0.3) is 27.1 Å². The second-order valence-corrected chi connectivity index (χ2v) is 9.53. The molecule has 0 saturated heterocycles. The highest BCUT2D eigenvalue weighted by atomic mass is 19.1. The van der Waals surface area contributed by atoms with E-state index in [1.54, 1.807) is 19.2 Å². The van der Waals surface area contributed by atoms with Crippen LogP contribution in [-0.2, 0) is 24.3 Å². The lowest BCUT2D eigenvalue weighted by atomic mass is 10.1. The molecule has 0 radical (unpaired) electrons. The van der Waals surface area contributed by atoms with Crippen LogP contribution in [0.5, 0.6) is 5.88 Å². The summed E-state index contributed by atoms with van der Waals surface area (Å²) in [6, 6.07) is 22.9. The van der Waals surface area contributed by atoms with Crippen molar-refractivity contribution in [3.63, 3.8) is 0 Å². The molecular formula is C32H29FN4O2. The third-order valence-electron chi connectivity index (χ3n) is 6.69. The predicted octanol–water partition coefficient (Wildman–Crippen LogP) is 7.22. The Morgan fingerprint density at radius 3 is 2.51 bits per heavy atom. The second-order valence-electron chi connectivity index (χ2n) is 9.53. The van der Waals surface area contributed by atoms with Gasteiger partial charge in [0.1, 0.15) is 18.2 Å². The number of hydrogen-bond donors (Lipinski definition) is 0. The zero-order valence-corrected chi connectivity index (χ0v) is 22.2. The normalized spacial score (nSPS) is 11.1. The maximum Gasteiger partial charge on any atom is 0.217 e. The van der Waals surface area contributed by atoms with Gasteiger partial charge in [-0.15, -0.1) is 0 Å². The molecule has 3 aromatic carbocycles. The first-order valence-corrected chi connectivity index (χ1v) is 12.8. The first-order chi connectivity index (χ1) is 18.9. The molecule has 2 heterocycles. The number of aromatic nitrogens is 3. The molecule has 2 aromatic heterocycles. The second kappa shape index (κ2) is 11.5. The van der Waals surface area contributed by atoms with Gasteiger partial charge in [0.15, 0.2) is 5.69 Å². The topological polar surface area (TPSA) is 53.5 Å². The molecule has 0 aliphatic heterocycles. The summed E-state index contributed by atoms with van der Waals surface area (Å²) in [6.07, 6.45) is 0.700. The van der Waals surface area contributed by atoms with Crippen molar-refractivity contribution in [2.24, 2.45) is 0 Å². The van der Waals surface area contributed by atoms with E-state index in [0.29, 0.717) is 24.5 Å². The van der Waals surface area contributed by atoms with Crippen LogP contribution < -0.4 is 4.74 Å². The van der Waals surface area contributed by atoms with Gasteiger partial charge >= 0.3 is 0 Å². The third-order valence-corrected chi connectivity index (χ3v) is 6.69. The fourth-order valence-corrected chi connectivity index (χ4v) is 4.51. The van der Waals surface area contributed by atoms with E-state index in [1.807, 2.05) is 31.2 Å². The number of imidazole rings is 1. The van der Waals surface area contributed by atoms with Gasteiger partial charge < -0.3 is 14.0 Å². The number of ether oxygens (including phenoxy) is 2. The van der Waals surface area contributed by atoms with Crippen LogP contribution in [0.2, 0.25) is 0 Å². The molecule has 196 valence electrons. The lowest BCUT2D eigenvalue weighted by molar-refractivity contribution is 0.187. The average Bonchev–Trinajstić information content (AvgIpc) is 3.28. The van der Waals surface area contributed by atoms with E-state index in [2.05, 4.69) is 46.7 Å². The van der Waals surface area contributed by atoms with Crippen LogP contribution in [0.15, 0.2) is 72.8 Å². The molecule has 0 atom stereocenters. The molecule has 0 aliphatic rings. The standard InChI is InChI=1S/C32H29FN4O2/c1-21-5-13-29-30(17-21)37(15-16-38-4)31(35-29)18-23-7-9-24(10-8-23)28-14-6-22(2)32(36-28)39-20-25-11-12-26(34-3)19-27(25)33/h5-14,17,19H,15-16,18,20H2,1-2,4H3. The first-order valence-electron chi connectivity index (χ1n) is 12.8. The summed E-state index contributed by atoms with van der Waals surface area (Å²) in [5.41, 5.74) is 7.69. The molecule has 0 unspecified atom stereocenters. The maximum atomic E-state index is 14.3. The summed E-state index contributed by atoms with van der Waals surface area (Å²) < 4.78 is 27.7. The van der Waals surface area contributed by atoms with E-state index in [4.69, 9.17) is 26.0 Å². The summed E-state index contributed by atoms with van der Waals surface area (Å²) >= 11 is 0.